The van der Waals surface area contributed by atoms with Crippen molar-refractivity contribution in [3.63, 3.8) is 0 Å². The van der Waals surface area contributed by atoms with Gasteiger partial charge in [0.1, 0.15) is 0 Å². The number of nitrogens with zero attached hydrogens (tertiary/aromatic N) is 2. The molecule has 22 heavy (non-hydrogen) atoms. The molecule has 1 amide bonds. The van der Waals surface area contributed by atoms with Gasteiger partial charge in [-0.15, -0.1) is 0 Å². The summed E-state index contributed by atoms with van der Waals surface area (Å²) in [5.41, 5.74) is 1.13. The smallest absolute Gasteiger partial charge is 0.221 e. The highest BCUT2D eigenvalue weighted by molar-refractivity contribution is 5.75. The first kappa shape index (κ1) is 16.2. The molecule has 1 aromatic carbocycles. The van der Waals surface area contributed by atoms with E-state index in [1.54, 1.807) is 17.8 Å². The van der Waals surface area contributed by atoms with E-state index in [0.717, 1.165) is 5.56 Å². The summed E-state index contributed by atoms with van der Waals surface area (Å²) >= 11 is 0. The van der Waals surface area contributed by atoms with Crippen LogP contribution in [0.4, 0.5) is 0 Å². The van der Waals surface area contributed by atoms with E-state index in [4.69, 9.17) is 0 Å². The Kier molecular flexibility index (Phi) is 6.15. The van der Waals surface area contributed by atoms with Crippen LogP contribution in [-0.4, -0.2) is 33.4 Å². The number of nitrogens with one attached hydrogen (secondary N) is 1. The highest BCUT2D eigenvalue weighted by atomic mass is 16.3. The summed E-state index contributed by atoms with van der Waals surface area (Å²) in [7, 11) is 0. The van der Waals surface area contributed by atoms with Crippen molar-refractivity contribution in [3.05, 3.63) is 54.4 Å². The fourth-order valence-corrected chi connectivity index (χ4v) is 2.45. The normalized spacial score (nSPS) is 13.5. The van der Waals surface area contributed by atoms with Crippen molar-refractivity contribution in [1.29, 1.82) is 0 Å². The summed E-state index contributed by atoms with van der Waals surface area (Å²) in [6, 6.07) is 11.8. The van der Waals surface area contributed by atoms with Crippen LogP contribution in [0.5, 0.6) is 0 Å². The molecule has 2 N–H and O–H groups in total. The molecule has 0 saturated heterocycles. The quantitative estimate of drug-likeness (QED) is 0.783. The van der Waals surface area contributed by atoms with Crippen molar-refractivity contribution >= 4 is 5.91 Å². The minimum Gasteiger partial charge on any atom is -0.393 e. The minimum atomic E-state index is -0.397. The molecule has 0 spiro atoms. The van der Waals surface area contributed by atoms with Crippen LogP contribution in [0.2, 0.25) is 0 Å². The molecule has 0 bridgehead atoms. The second-order valence-corrected chi connectivity index (χ2v) is 5.52. The first-order valence-electron chi connectivity index (χ1n) is 7.62. The molecule has 0 radical (unpaired) electrons. The van der Waals surface area contributed by atoms with Crippen molar-refractivity contribution in [1.82, 2.24) is 15.1 Å². The van der Waals surface area contributed by atoms with Crippen molar-refractivity contribution in [3.8, 4) is 0 Å². The van der Waals surface area contributed by atoms with Crippen LogP contribution in [0, 0.1) is 0 Å². The monoisotopic (exact) mass is 301 g/mol. The molecule has 2 atom stereocenters. The molecule has 0 aliphatic rings. The number of aryl methyl sites for hydroxylation is 1. The van der Waals surface area contributed by atoms with Gasteiger partial charge in [-0.05, 0) is 25.0 Å². The molecule has 5 heteroatoms. The van der Waals surface area contributed by atoms with Gasteiger partial charge in [-0.2, -0.15) is 5.10 Å². The van der Waals surface area contributed by atoms with Gasteiger partial charge in [-0.1, -0.05) is 30.3 Å². The molecule has 0 aliphatic heterocycles. The summed E-state index contributed by atoms with van der Waals surface area (Å²) in [6.07, 6.45) is 4.17. The SMILES string of the molecule is CC(O)CC(CNC(=O)CCn1cccn1)c1ccccc1. The van der Waals surface area contributed by atoms with E-state index in [9.17, 15) is 9.90 Å². The third-order valence-electron chi connectivity index (χ3n) is 3.57. The van der Waals surface area contributed by atoms with Gasteiger partial charge in [-0.25, -0.2) is 0 Å². The summed E-state index contributed by atoms with van der Waals surface area (Å²) in [5.74, 6) is 0.122. The molecular weight excluding hydrogens is 278 g/mol. The molecule has 5 nitrogen and oxygen atoms in total. The van der Waals surface area contributed by atoms with E-state index in [2.05, 4.69) is 10.4 Å². The molecule has 2 unspecified atom stereocenters. The van der Waals surface area contributed by atoms with Crippen LogP contribution in [0.15, 0.2) is 48.8 Å². The van der Waals surface area contributed by atoms with E-state index in [-0.39, 0.29) is 11.8 Å². The number of carbonyl (C=O) groups excluding carboxylic acids is 1. The van der Waals surface area contributed by atoms with Gasteiger partial charge >= 0.3 is 0 Å². The fraction of sp³-hybridized carbons (Fsp3) is 0.412. The fourth-order valence-electron chi connectivity index (χ4n) is 2.45. The number of aliphatic hydroxyl groups excluding tert-OH is 1. The zero-order valence-electron chi connectivity index (χ0n) is 12.9. The first-order valence-corrected chi connectivity index (χ1v) is 7.62. The average molecular weight is 301 g/mol. The topological polar surface area (TPSA) is 67.2 Å². The number of aliphatic hydroxyl groups is 1. The Morgan fingerprint density at radius 2 is 2.09 bits per heavy atom. The number of aromatic nitrogens is 2. The van der Waals surface area contributed by atoms with E-state index < -0.39 is 6.10 Å². The lowest BCUT2D eigenvalue weighted by atomic mass is 9.93. The standard InChI is InChI=1S/C17H23N3O2/c1-14(21)12-16(15-6-3-2-4-7-15)13-18-17(22)8-11-20-10-5-9-19-20/h2-7,9-10,14,16,21H,8,11-13H2,1H3,(H,18,22). The summed E-state index contributed by atoms with van der Waals surface area (Å²) in [5, 5.41) is 16.7. The Balaban J connectivity index is 1.84. The zero-order valence-corrected chi connectivity index (χ0v) is 12.9. The van der Waals surface area contributed by atoms with Crippen LogP contribution in [0.1, 0.15) is 31.2 Å². The minimum absolute atomic E-state index is 0.00187. The van der Waals surface area contributed by atoms with Crippen molar-refractivity contribution in [2.45, 2.75) is 38.3 Å². The molecule has 0 aliphatic carbocycles. The predicted octanol–water partition coefficient (Wildman–Crippen LogP) is 1.94. The Bertz CT molecular complexity index is 553. The first-order chi connectivity index (χ1) is 10.6. The van der Waals surface area contributed by atoms with Crippen molar-refractivity contribution in [2.24, 2.45) is 0 Å². The molecule has 2 rings (SSSR count). The Labute approximate surface area is 131 Å². The van der Waals surface area contributed by atoms with Gasteiger partial charge in [0.2, 0.25) is 5.91 Å². The lowest BCUT2D eigenvalue weighted by Gasteiger charge is -2.19. The number of hydrogen-bond donors (Lipinski definition) is 2. The third kappa shape index (κ3) is 5.33. The maximum atomic E-state index is 11.9. The molecule has 118 valence electrons. The maximum Gasteiger partial charge on any atom is 0.221 e. The number of amides is 1. The summed E-state index contributed by atoms with van der Waals surface area (Å²) < 4.78 is 1.74. The maximum absolute atomic E-state index is 11.9. The Morgan fingerprint density at radius 1 is 1.32 bits per heavy atom. The lowest BCUT2D eigenvalue weighted by Crippen LogP contribution is -2.30. The van der Waals surface area contributed by atoms with Crippen LogP contribution in [0.25, 0.3) is 0 Å². The van der Waals surface area contributed by atoms with Crippen LogP contribution < -0.4 is 5.32 Å². The zero-order chi connectivity index (χ0) is 15.8. The number of benzene rings is 1. The van der Waals surface area contributed by atoms with Crippen LogP contribution in [-0.2, 0) is 11.3 Å². The van der Waals surface area contributed by atoms with E-state index in [1.165, 1.54) is 0 Å². The van der Waals surface area contributed by atoms with Gasteiger partial charge < -0.3 is 10.4 Å². The Morgan fingerprint density at radius 3 is 2.73 bits per heavy atom. The van der Waals surface area contributed by atoms with Crippen LogP contribution in [0.3, 0.4) is 0 Å². The number of carbonyl (C=O) groups is 1. The van der Waals surface area contributed by atoms with E-state index in [1.807, 2.05) is 42.6 Å². The van der Waals surface area contributed by atoms with Crippen LogP contribution >= 0.6 is 0 Å². The highest BCUT2D eigenvalue weighted by Gasteiger charge is 2.15. The number of rotatable bonds is 8. The van der Waals surface area contributed by atoms with Gasteiger partial charge in [0.05, 0.1) is 6.10 Å². The van der Waals surface area contributed by atoms with Gasteiger partial charge in [0.25, 0.3) is 0 Å². The molecule has 0 saturated carbocycles. The molecular formula is C17H23N3O2. The number of hydrogen-bond acceptors (Lipinski definition) is 3. The molecule has 1 heterocycles. The molecule has 0 fully saturated rings. The highest BCUT2D eigenvalue weighted by Crippen LogP contribution is 2.20. The van der Waals surface area contributed by atoms with Gasteiger partial charge in [-0.3, -0.25) is 9.48 Å². The van der Waals surface area contributed by atoms with Gasteiger partial charge in [0, 0.05) is 37.8 Å². The predicted molar refractivity (Wildman–Crippen MR) is 85.3 cm³/mol. The molecule has 2 aromatic rings. The second-order valence-electron chi connectivity index (χ2n) is 5.52. The lowest BCUT2D eigenvalue weighted by molar-refractivity contribution is -0.121. The Hall–Kier alpha value is -2.14. The second kappa shape index (κ2) is 8.34. The van der Waals surface area contributed by atoms with E-state index >= 15 is 0 Å². The average Bonchev–Trinajstić information content (AvgIpc) is 3.03. The summed E-state index contributed by atoms with van der Waals surface area (Å²) in [4.78, 5) is 11.9. The molecule has 1 aromatic heterocycles. The summed E-state index contributed by atoms with van der Waals surface area (Å²) in [6.45, 7) is 2.88. The van der Waals surface area contributed by atoms with Crippen molar-refractivity contribution in [2.75, 3.05) is 6.54 Å². The largest absolute Gasteiger partial charge is 0.393 e. The third-order valence-corrected chi connectivity index (χ3v) is 3.57. The van der Waals surface area contributed by atoms with Crippen molar-refractivity contribution < 1.29 is 9.90 Å². The van der Waals surface area contributed by atoms with E-state index in [0.29, 0.717) is 25.9 Å². The van der Waals surface area contributed by atoms with Gasteiger partial charge in [0.15, 0.2) is 0 Å².